The normalized spacial score (nSPS) is 16.6. The first-order valence-electron chi connectivity index (χ1n) is 9.49. The second-order valence-electron chi connectivity index (χ2n) is 7.16. The van der Waals surface area contributed by atoms with Gasteiger partial charge in [-0.2, -0.15) is 5.26 Å². The molecule has 136 valence electrons. The average Bonchev–Trinajstić information content (AvgIpc) is 3.32. The molecule has 3 nitrogen and oxygen atoms in total. The predicted octanol–water partition coefficient (Wildman–Crippen LogP) is 4.94. The van der Waals surface area contributed by atoms with E-state index in [0.717, 1.165) is 43.2 Å². The summed E-state index contributed by atoms with van der Waals surface area (Å²) in [4.78, 5) is 16.2. The number of hydrogen-bond donors (Lipinski definition) is 0. The zero-order valence-electron chi connectivity index (χ0n) is 15.2. The minimum atomic E-state index is 0.249. The Morgan fingerprint density at radius 2 is 2.04 bits per heavy atom. The van der Waals surface area contributed by atoms with Crippen LogP contribution >= 0.6 is 11.3 Å². The summed E-state index contributed by atoms with van der Waals surface area (Å²) in [6, 6.07) is 20.6. The number of benzene rings is 2. The lowest BCUT2D eigenvalue weighted by Gasteiger charge is -2.24. The van der Waals surface area contributed by atoms with Crippen LogP contribution in [0.25, 0.3) is 10.1 Å². The first-order chi connectivity index (χ1) is 13.2. The van der Waals surface area contributed by atoms with Crippen molar-refractivity contribution in [3.63, 3.8) is 0 Å². The van der Waals surface area contributed by atoms with Gasteiger partial charge in [-0.25, -0.2) is 0 Å². The van der Waals surface area contributed by atoms with E-state index < -0.39 is 0 Å². The molecule has 27 heavy (non-hydrogen) atoms. The van der Waals surface area contributed by atoms with Gasteiger partial charge in [-0.3, -0.25) is 4.79 Å². The second kappa shape index (κ2) is 7.94. The highest BCUT2D eigenvalue weighted by molar-refractivity contribution is 7.19. The van der Waals surface area contributed by atoms with Crippen molar-refractivity contribution in [2.45, 2.75) is 38.1 Å². The van der Waals surface area contributed by atoms with Gasteiger partial charge in [0.15, 0.2) is 0 Å². The molecule has 0 N–H and O–H groups in total. The van der Waals surface area contributed by atoms with Crippen molar-refractivity contribution in [2.75, 3.05) is 6.54 Å². The lowest BCUT2D eigenvalue weighted by Crippen LogP contribution is -2.36. The van der Waals surface area contributed by atoms with Crippen molar-refractivity contribution in [3.8, 4) is 6.07 Å². The third-order valence-corrected chi connectivity index (χ3v) is 6.49. The monoisotopic (exact) mass is 374 g/mol. The zero-order valence-corrected chi connectivity index (χ0v) is 16.0. The quantitative estimate of drug-likeness (QED) is 0.635. The van der Waals surface area contributed by atoms with Crippen molar-refractivity contribution in [1.29, 1.82) is 5.26 Å². The van der Waals surface area contributed by atoms with Crippen molar-refractivity contribution in [1.82, 2.24) is 4.90 Å². The molecule has 0 saturated carbocycles. The molecule has 0 bridgehead atoms. The van der Waals surface area contributed by atoms with E-state index in [1.807, 2.05) is 48.5 Å². The van der Waals surface area contributed by atoms with E-state index >= 15 is 0 Å². The topological polar surface area (TPSA) is 44.1 Å². The molecule has 1 amide bonds. The van der Waals surface area contributed by atoms with Crippen molar-refractivity contribution < 1.29 is 4.79 Å². The van der Waals surface area contributed by atoms with Crippen LogP contribution in [0.2, 0.25) is 0 Å². The Morgan fingerprint density at radius 1 is 1.19 bits per heavy atom. The van der Waals surface area contributed by atoms with Crippen LogP contribution in [-0.4, -0.2) is 23.4 Å². The maximum absolute atomic E-state index is 12.7. The Hall–Kier alpha value is -2.64. The molecule has 4 rings (SSSR count). The first-order valence-corrected chi connectivity index (χ1v) is 10.3. The average molecular weight is 375 g/mol. The van der Waals surface area contributed by atoms with E-state index in [4.69, 9.17) is 5.26 Å². The maximum Gasteiger partial charge on any atom is 0.227 e. The lowest BCUT2D eigenvalue weighted by atomic mass is 10.1. The molecule has 1 aliphatic heterocycles. The standard InChI is InChI=1S/C23H22N2OS/c24-16-18-8-11-22-19(13-18)15-21(27-22)10-9-20-7-4-12-25(20)23(26)14-17-5-2-1-3-6-17/h1-3,5-6,8,11,13,15,20H,4,7,9-10,12,14H2. The van der Waals surface area contributed by atoms with Gasteiger partial charge in [0.1, 0.15) is 0 Å². The summed E-state index contributed by atoms with van der Waals surface area (Å²) in [5.74, 6) is 0.249. The number of hydrogen-bond acceptors (Lipinski definition) is 3. The van der Waals surface area contributed by atoms with Gasteiger partial charge >= 0.3 is 0 Å². The number of carbonyl (C=O) groups excluding carboxylic acids is 1. The van der Waals surface area contributed by atoms with Gasteiger partial charge in [0, 0.05) is 22.2 Å². The largest absolute Gasteiger partial charge is 0.339 e. The Balaban J connectivity index is 1.40. The van der Waals surface area contributed by atoms with Crippen LogP contribution in [0.3, 0.4) is 0 Å². The van der Waals surface area contributed by atoms with Gasteiger partial charge in [0.05, 0.1) is 18.1 Å². The molecule has 3 aromatic rings. The molecule has 1 aliphatic rings. The minimum absolute atomic E-state index is 0.249. The van der Waals surface area contributed by atoms with Crippen LogP contribution < -0.4 is 0 Å². The highest BCUT2D eigenvalue weighted by Crippen LogP contribution is 2.29. The number of likely N-dealkylation sites (tertiary alicyclic amines) is 1. The van der Waals surface area contributed by atoms with Gasteiger partial charge in [-0.1, -0.05) is 30.3 Å². The highest BCUT2D eigenvalue weighted by Gasteiger charge is 2.28. The third-order valence-electron chi connectivity index (χ3n) is 5.32. The van der Waals surface area contributed by atoms with Gasteiger partial charge in [-0.05, 0) is 60.9 Å². The summed E-state index contributed by atoms with van der Waals surface area (Å²) in [6.07, 6.45) is 4.70. The third kappa shape index (κ3) is 4.04. The van der Waals surface area contributed by atoms with Crippen LogP contribution in [0, 0.1) is 11.3 Å². The Morgan fingerprint density at radius 3 is 2.85 bits per heavy atom. The molecule has 1 unspecified atom stereocenters. The fourth-order valence-electron chi connectivity index (χ4n) is 3.94. The van der Waals surface area contributed by atoms with Crippen LogP contribution in [0.15, 0.2) is 54.6 Å². The molecule has 1 atom stereocenters. The molecule has 1 fully saturated rings. The SMILES string of the molecule is N#Cc1ccc2sc(CCC3CCCN3C(=O)Cc3ccccc3)cc2c1. The van der Waals surface area contributed by atoms with Crippen molar-refractivity contribution in [3.05, 3.63) is 70.6 Å². The van der Waals surface area contributed by atoms with Crippen molar-refractivity contribution in [2.24, 2.45) is 0 Å². The summed E-state index contributed by atoms with van der Waals surface area (Å²) in [5, 5.41) is 10.2. The molecule has 4 heteroatoms. The van der Waals surface area contributed by atoms with E-state index in [0.29, 0.717) is 18.0 Å². The number of carbonyl (C=O) groups is 1. The van der Waals surface area contributed by atoms with Gasteiger partial charge in [0.2, 0.25) is 5.91 Å². The van der Waals surface area contributed by atoms with E-state index in [2.05, 4.69) is 17.0 Å². The number of aryl methyl sites for hydroxylation is 1. The van der Waals surface area contributed by atoms with Crippen LogP contribution in [-0.2, 0) is 17.6 Å². The fraction of sp³-hybridized carbons (Fsp3) is 0.304. The highest BCUT2D eigenvalue weighted by atomic mass is 32.1. The zero-order chi connectivity index (χ0) is 18.6. The number of nitriles is 1. The first kappa shape index (κ1) is 17.8. The van der Waals surface area contributed by atoms with Crippen LogP contribution in [0.1, 0.15) is 35.3 Å². The summed E-state index contributed by atoms with van der Waals surface area (Å²) in [5.41, 5.74) is 1.80. The lowest BCUT2D eigenvalue weighted by molar-refractivity contribution is -0.131. The Bertz CT molecular complexity index is 987. The summed E-state index contributed by atoms with van der Waals surface area (Å²) < 4.78 is 1.23. The summed E-state index contributed by atoms with van der Waals surface area (Å²) in [7, 11) is 0. The number of rotatable bonds is 5. The van der Waals surface area contributed by atoms with Crippen molar-refractivity contribution >= 4 is 27.3 Å². The predicted molar refractivity (Wildman–Crippen MR) is 110 cm³/mol. The molecule has 0 aliphatic carbocycles. The van der Waals surface area contributed by atoms with E-state index in [1.54, 1.807) is 11.3 Å². The molecule has 0 radical (unpaired) electrons. The molecule has 0 spiro atoms. The second-order valence-corrected chi connectivity index (χ2v) is 8.33. The van der Waals surface area contributed by atoms with Gasteiger partial charge in [0.25, 0.3) is 0 Å². The van der Waals surface area contributed by atoms with Crippen LogP contribution in [0.5, 0.6) is 0 Å². The van der Waals surface area contributed by atoms with E-state index in [-0.39, 0.29) is 5.91 Å². The summed E-state index contributed by atoms with van der Waals surface area (Å²) >= 11 is 1.80. The maximum atomic E-state index is 12.7. The smallest absolute Gasteiger partial charge is 0.227 e. The minimum Gasteiger partial charge on any atom is -0.339 e. The molecule has 1 saturated heterocycles. The number of nitrogens with zero attached hydrogens (tertiary/aromatic N) is 2. The molecule has 2 aromatic carbocycles. The van der Waals surface area contributed by atoms with Gasteiger partial charge in [-0.15, -0.1) is 11.3 Å². The molecular formula is C23H22N2OS. The fourth-order valence-corrected chi connectivity index (χ4v) is 5.00. The molecule has 1 aromatic heterocycles. The number of thiophene rings is 1. The molecule has 2 heterocycles. The Labute approximate surface area is 163 Å². The summed E-state index contributed by atoms with van der Waals surface area (Å²) in [6.45, 7) is 0.883. The Kier molecular flexibility index (Phi) is 5.22. The van der Waals surface area contributed by atoms with E-state index in [9.17, 15) is 4.79 Å². The number of amides is 1. The van der Waals surface area contributed by atoms with E-state index in [1.165, 1.54) is 9.58 Å². The number of fused-ring (bicyclic) bond motifs is 1. The van der Waals surface area contributed by atoms with Gasteiger partial charge < -0.3 is 4.90 Å². The van der Waals surface area contributed by atoms with Crippen LogP contribution in [0.4, 0.5) is 0 Å². The molecular weight excluding hydrogens is 352 g/mol.